The van der Waals surface area contributed by atoms with Gasteiger partial charge in [-0.2, -0.15) is 0 Å². The Hall–Kier alpha value is -3.69. The molecule has 3 aliphatic carbocycles. The molecule has 4 aromatic rings. The van der Waals surface area contributed by atoms with Crippen molar-refractivity contribution in [3.63, 3.8) is 0 Å². The maximum Gasteiger partial charge on any atom is 0.145 e. The van der Waals surface area contributed by atoms with Crippen LogP contribution in [0.2, 0.25) is 0 Å². The lowest BCUT2D eigenvalue weighted by Crippen LogP contribution is -2.18. The van der Waals surface area contributed by atoms with E-state index in [0.717, 1.165) is 23.5 Å². The second kappa shape index (κ2) is 7.16. The Morgan fingerprint density at radius 3 is 2.70 bits per heavy atom. The lowest BCUT2D eigenvalue weighted by molar-refractivity contribution is 0.884. The quantitative estimate of drug-likeness (QED) is 0.318. The van der Waals surface area contributed by atoms with Crippen molar-refractivity contribution in [2.75, 3.05) is 0 Å². The van der Waals surface area contributed by atoms with Gasteiger partial charge in [-0.15, -0.1) is 11.3 Å². The van der Waals surface area contributed by atoms with Crippen molar-refractivity contribution >= 4 is 17.4 Å². The lowest BCUT2D eigenvalue weighted by atomic mass is 9.71. The molecule has 0 saturated carbocycles. The molecule has 3 heteroatoms. The summed E-state index contributed by atoms with van der Waals surface area (Å²) < 4.78 is 2.30. The molecular weight excluding hydrogens is 420 g/mol. The maximum atomic E-state index is 5.14. The summed E-state index contributed by atoms with van der Waals surface area (Å²) in [5, 5.41) is 0. The third kappa shape index (κ3) is 2.89. The number of aryl methyl sites for hydroxylation is 1. The van der Waals surface area contributed by atoms with Crippen molar-refractivity contribution in [3.05, 3.63) is 124 Å². The number of allylic oxidation sites excluding steroid dienone is 7. The van der Waals surface area contributed by atoms with Gasteiger partial charge in [-0.25, -0.2) is 4.98 Å². The second-order valence-corrected chi connectivity index (χ2v) is 10.2. The van der Waals surface area contributed by atoms with Gasteiger partial charge in [-0.05, 0) is 53.8 Å². The lowest BCUT2D eigenvalue weighted by Gasteiger charge is -2.34. The Bertz CT molecular complexity index is 1540. The van der Waals surface area contributed by atoms with E-state index in [1.54, 1.807) is 11.3 Å². The maximum absolute atomic E-state index is 5.14. The highest BCUT2D eigenvalue weighted by Gasteiger charge is 2.32. The average molecular weight is 443 g/mol. The normalized spacial score (nSPS) is 17.5. The Balaban J connectivity index is 1.47. The highest BCUT2D eigenvalue weighted by Crippen LogP contribution is 2.47. The number of hydrogen-bond donors (Lipinski definition) is 0. The smallest absolute Gasteiger partial charge is 0.145 e. The summed E-state index contributed by atoms with van der Waals surface area (Å²) >= 11 is 1.80. The molecule has 1 atom stereocenters. The fourth-order valence-corrected chi connectivity index (χ4v) is 6.18. The molecule has 7 rings (SSSR count). The van der Waals surface area contributed by atoms with Crippen molar-refractivity contribution in [2.45, 2.75) is 19.3 Å². The Kier molecular flexibility index (Phi) is 4.09. The van der Waals surface area contributed by atoms with E-state index < -0.39 is 0 Å². The van der Waals surface area contributed by atoms with Crippen LogP contribution >= 0.6 is 11.3 Å². The molecule has 3 aliphatic rings. The highest BCUT2D eigenvalue weighted by atomic mass is 32.1. The summed E-state index contributed by atoms with van der Waals surface area (Å²) in [6.45, 7) is 2.15. The van der Waals surface area contributed by atoms with Crippen LogP contribution in [0.3, 0.4) is 0 Å². The molecule has 158 valence electrons. The molecule has 2 aromatic carbocycles. The van der Waals surface area contributed by atoms with Gasteiger partial charge in [0.1, 0.15) is 5.82 Å². The Morgan fingerprint density at radius 2 is 1.85 bits per heavy atom. The summed E-state index contributed by atoms with van der Waals surface area (Å²) in [4.78, 5) is 7.65. The molecule has 2 heterocycles. The van der Waals surface area contributed by atoms with Crippen LogP contribution in [0.1, 0.15) is 27.5 Å². The van der Waals surface area contributed by atoms with Crippen LogP contribution in [0, 0.1) is 6.92 Å². The van der Waals surface area contributed by atoms with E-state index in [1.807, 2.05) is 0 Å². The molecule has 1 unspecified atom stereocenters. The molecule has 0 aliphatic heterocycles. The number of thiophene rings is 1. The first kappa shape index (κ1) is 18.8. The van der Waals surface area contributed by atoms with Gasteiger partial charge in [0.15, 0.2) is 0 Å². The van der Waals surface area contributed by atoms with E-state index in [0.29, 0.717) is 5.92 Å². The van der Waals surface area contributed by atoms with Gasteiger partial charge in [0.2, 0.25) is 0 Å². The highest BCUT2D eigenvalue weighted by molar-refractivity contribution is 7.15. The molecule has 0 saturated heterocycles. The van der Waals surface area contributed by atoms with E-state index in [-0.39, 0.29) is 0 Å². The topological polar surface area (TPSA) is 17.8 Å². The van der Waals surface area contributed by atoms with Crippen molar-refractivity contribution in [3.8, 4) is 27.6 Å². The van der Waals surface area contributed by atoms with Gasteiger partial charge in [0, 0.05) is 28.1 Å². The number of benzene rings is 2. The van der Waals surface area contributed by atoms with Crippen molar-refractivity contribution < 1.29 is 0 Å². The zero-order valence-corrected chi connectivity index (χ0v) is 19.1. The number of rotatable bonds is 3. The van der Waals surface area contributed by atoms with E-state index in [1.165, 1.54) is 43.3 Å². The average Bonchev–Trinajstić information content (AvgIpc) is 3.50. The minimum absolute atomic E-state index is 0.349. The second-order valence-electron chi connectivity index (χ2n) is 8.87. The van der Waals surface area contributed by atoms with Crippen LogP contribution in [0.25, 0.3) is 33.7 Å². The molecule has 33 heavy (non-hydrogen) atoms. The number of imidazole rings is 1. The standard InChI is InChI=1S/C30H22N2S/c1-19-10-17-27(33-19)25-18-32(30(31-25)23-6-3-2-4-7-23)26-16-14-22-12-11-20-8-5-9-21-13-15-24(26)29(22)28(20)21/h2-11,13-18,28H,12H2,1H3. The third-order valence-corrected chi connectivity index (χ3v) is 7.90. The van der Waals surface area contributed by atoms with Gasteiger partial charge in [-0.1, -0.05) is 72.9 Å². The molecule has 0 N–H and O–H groups in total. The predicted molar refractivity (Wildman–Crippen MR) is 138 cm³/mol. The zero-order valence-electron chi connectivity index (χ0n) is 18.3. The SMILES string of the molecule is Cc1ccc(-c2cn(-c3ccc4c5c3C=CC3=CC=CC(=CC4)C35)c(-c3ccccc3)n2)s1. The van der Waals surface area contributed by atoms with Crippen molar-refractivity contribution in [2.24, 2.45) is 0 Å². The Labute approximate surface area is 197 Å². The number of hydrogen-bond acceptors (Lipinski definition) is 2. The molecule has 2 nitrogen and oxygen atoms in total. The van der Waals surface area contributed by atoms with Crippen LogP contribution in [0.4, 0.5) is 0 Å². The molecule has 2 aromatic heterocycles. The molecule has 0 bridgehead atoms. The van der Waals surface area contributed by atoms with Crippen LogP contribution in [0.5, 0.6) is 0 Å². The van der Waals surface area contributed by atoms with Crippen molar-refractivity contribution in [1.82, 2.24) is 9.55 Å². The van der Waals surface area contributed by atoms with Gasteiger partial charge in [0.25, 0.3) is 0 Å². The third-order valence-electron chi connectivity index (χ3n) is 6.88. The molecule has 0 fully saturated rings. The molecule has 0 radical (unpaired) electrons. The van der Waals surface area contributed by atoms with E-state index in [4.69, 9.17) is 4.98 Å². The fraction of sp³-hybridized carbons (Fsp3) is 0.100. The summed E-state index contributed by atoms with van der Waals surface area (Å²) in [7, 11) is 0. The van der Waals surface area contributed by atoms with Gasteiger partial charge in [-0.3, -0.25) is 4.57 Å². The number of aromatic nitrogens is 2. The molecular formula is C30H22N2S. The van der Waals surface area contributed by atoms with E-state index in [2.05, 4.69) is 109 Å². The summed E-state index contributed by atoms with van der Waals surface area (Å²) in [5.41, 5.74) is 10.4. The van der Waals surface area contributed by atoms with Gasteiger partial charge in [0.05, 0.1) is 16.3 Å². The van der Waals surface area contributed by atoms with Crippen LogP contribution in [-0.2, 0) is 6.42 Å². The monoisotopic (exact) mass is 442 g/mol. The zero-order chi connectivity index (χ0) is 21.9. The van der Waals surface area contributed by atoms with Crippen LogP contribution in [-0.4, -0.2) is 9.55 Å². The van der Waals surface area contributed by atoms with E-state index in [9.17, 15) is 0 Å². The first-order valence-electron chi connectivity index (χ1n) is 11.4. The van der Waals surface area contributed by atoms with E-state index >= 15 is 0 Å². The first-order chi connectivity index (χ1) is 16.3. The molecule has 0 amide bonds. The predicted octanol–water partition coefficient (Wildman–Crippen LogP) is 7.67. The van der Waals surface area contributed by atoms with Gasteiger partial charge < -0.3 is 0 Å². The van der Waals surface area contributed by atoms with Crippen LogP contribution in [0.15, 0.2) is 102 Å². The minimum Gasteiger partial charge on any atom is -0.298 e. The van der Waals surface area contributed by atoms with Gasteiger partial charge >= 0.3 is 0 Å². The molecule has 0 spiro atoms. The van der Waals surface area contributed by atoms with Crippen LogP contribution < -0.4 is 0 Å². The summed E-state index contributed by atoms with van der Waals surface area (Å²) in [6, 6.07) is 19.5. The Morgan fingerprint density at radius 1 is 0.939 bits per heavy atom. The summed E-state index contributed by atoms with van der Waals surface area (Å²) in [6.07, 6.45) is 16.9. The van der Waals surface area contributed by atoms with Crippen molar-refractivity contribution in [1.29, 1.82) is 0 Å². The largest absolute Gasteiger partial charge is 0.298 e. The number of nitrogens with zero attached hydrogens (tertiary/aromatic N) is 2. The fourth-order valence-electron chi connectivity index (χ4n) is 5.35. The minimum atomic E-state index is 0.349. The summed E-state index contributed by atoms with van der Waals surface area (Å²) in [5.74, 6) is 1.33. The first-order valence-corrected chi connectivity index (χ1v) is 12.2.